The van der Waals surface area contributed by atoms with Gasteiger partial charge in [0.25, 0.3) is 0 Å². The normalized spacial score (nSPS) is 14.5. The quantitative estimate of drug-likeness (QED) is 0.799. The van der Waals surface area contributed by atoms with Crippen LogP contribution in [0, 0.1) is 0 Å². The summed E-state index contributed by atoms with van der Waals surface area (Å²) in [6.45, 7) is 2.65. The van der Waals surface area contributed by atoms with E-state index in [2.05, 4.69) is 21.8 Å². The second-order valence-corrected chi connectivity index (χ2v) is 4.69. The van der Waals surface area contributed by atoms with Gasteiger partial charge in [-0.05, 0) is 19.3 Å². The largest absolute Gasteiger partial charge is 0.481 e. The van der Waals surface area contributed by atoms with Crippen molar-refractivity contribution in [2.75, 3.05) is 11.4 Å². The van der Waals surface area contributed by atoms with E-state index in [1.165, 1.54) is 0 Å². The number of hydrogen-bond acceptors (Lipinski definition) is 4. The molecule has 1 aromatic heterocycles. The lowest BCUT2D eigenvalue weighted by atomic mass is 10.2. The number of hydrogen-bond donors (Lipinski definition) is 1. The molecule has 5 nitrogen and oxygen atoms in total. The third kappa shape index (κ3) is 3.42. The van der Waals surface area contributed by atoms with Crippen LogP contribution in [0.5, 0.6) is 0 Å². The molecule has 0 amide bonds. The first-order valence-corrected chi connectivity index (χ1v) is 6.50. The second-order valence-electron chi connectivity index (χ2n) is 4.69. The highest BCUT2D eigenvalue weighted by molar-refractivity contribution is 5.67. The van der Waals surface area contributed by atoms with Gasteiger partial charge in [0, 0.05) is 24.3 Å². The molecular formula is C13H19N3O2. The second kappa shape index (κ2) is 5.80. The van der Waals surface area contributed by atoms with E-state index in [4.69, 9.17) is 5.11 Å². The van der Waals surface area contributed by atoms with Crippen LogP contribution in [-0.4, -0.2) is 33.6 Å². The molecule has 0 atom stereocenters. The van der Waals surface area contributed by atoms with Crippen LogP contribution >= 0.6 is 0 Å². The Labute approximate surface area is 107 Å². The molecule has 5 heteroatoms. The fraction of sp³-hybridized carbons (Fsp3) is 0.615. The molecule has 0 bridgehead atoms. The maximum absolute atomic E-state index is 10.7. The van der Waals surface area contributed by atoms with E-state index in [9.17, 15) is 4.79 Å². The van der Waals surface area contributed by atoms with E-state index in [0.717, 1.165) is 37.2 Å². The van der Waals surface area contributed by atoms with Gasteiger partial charge in [-0.15, -0.1) is 0 Å². The fourth-order valence-corrected chi connectivity index (χ4v) is 2.02. The highest BCUT2D eigenvalue weighted by Crippen LogP contribution is 2.30. The van der Waals surface area contributed by atoms with Crippen LogP contribution in [0.3, 0.4) is 0 Å². The van der Waals surface area contributed by atoms with Gasteiger partial charge in [0.05, 0.1) is 6.42 Å². The van der Waals surface area contributed by atoms with E-state index in [0.29, 0.717) is 12.6 Å². The monoisotopic (exact) mass is 249 g/mol. The third-order valence-corrected chi connectivity index (χ3v) is 3.06. The molecule has 1 fully saturated rings. The van der Waals surface area contributed by atoms with E-state index >= 15 is 0 Å². The average molecular weight is 249 g/mol. The molecule has 98 valence electrons. The van der Waals surface area contributed by atoms with Gasteiger partial charge in [0.1, 0.15) is 12.1 Å². The number of aromatic nitrogens is 2. The first-order valence-electron chi connectivity index (χ1n) is 6.50. The minimum absolute atomic E-state index is 0.156. The predicted molar refractivity (Wildman–Crippen MR) is 68.6 cm³/mol. The molecule has 1 aliphatic carbocycles. The number of carbonyl (C=O) groups is 1. The molecule has 0 aliphatic heterocycles. The maximum Gasteiger partial charge on any atom is 0.305 e. The number of carboxylic acids is 1. The Balaban J connectivity index is 2.09. The van der Waals surface area contributed by atoms with Crippen LogP contribution in [0.15, 0.2) is 12.4 Å². The van der Waals surface area contributed by atoms with Crippen molar-refractivity contribution in [3.63, 3.8) is 0 Å². The van der Waals surface area contributed by atoms with Crippen molar-refractivity contribution < 1.29 is 9.90 Å². The molecule has 2 rings (SSSR count). The Bertz CT molecular complexity index is 418. The Morgan fingerprint density at radius 1 is 1.50 bits per heavy atom. The first-order chi connectivity index (χ1) is 8.70. The lowest BCUT2D eigenvalue weighted by Gasteiger charge is -2.22. The van der Waals surface area contributed by atoms with Gasteiger partial charge in [-0.25, -0.2) is 9.97 Å². The Kier molecular flexibility index (Phi) is 4.12. The van der Waals surface area contributed by atoms with Crippen molar-refractivity contribution in [1.29, 1.82) is 0 Å². The molecular weight excluding hydrogens is 230 g/mol. The zero-order valence-electron chi connectivity index (χ0n) is 10.7. The van der Waals surface area contributed by atoms with E-state index in [1.807, 2.05) is 6.07 Å². The zero-order valence-corrected chi connectivity index (χ0v) is 10.7. The summed E-state index contributed by atoms with van der Waals surface area (Å²) in [4.78, 5) is 21.3. The van der Waals surface area contributed by atoms with Crippen LogP contribution in [0.1, 0.15) is 38.3 Å². The van der Waals surface area contributed by atoms with Gasteiger partial charge in [-0.1, -0.05) is 13.3 Å². The molecule has 1 saturated carbocycles. The third-order valence-electron chi connectivity index (χ3n) is 3.06. The van der Waals surface area contributed by atoms with Crippen LogP contribution in [0.25, 0.3) is 0 Å². The van der Waals surface area contributed by atoms with Gasteiger partial charge in [0.15, 0.2) is 0 Å². The summed E-state index contributed by atoms with van der Waals surface area (Å²) in [7, 11) is 0. The number of anilines is 1. The fourth-order valence-electron chi connectivity index (χ4n) is 2.02. The molecule has 0 unspecified atom stereocenters. The van der Waals surface area contributed by atoms with Crippen molar-refractivity contribution in [2.24, 2.45) is 0 Å². The number of carboxylic acid groups (broad SMARTS) is 1. The van der Waals surface area contributed by atoms with E-state index < -0.39 is 5.97 Å². The van der Waals surface area contributed by atoms with Gasteiger partial charge in [-0.2, -0.15) is 0 Å². The summed E-state index contributed by atoms with van der Waals surface area (Å²) in [5.41, 5.74) is 1.03. The van der Waals surface area contributed by atoms with Crippen LogP contribution < -0.4 is 4.90 Å². The van der Waals surface area contributed by atoms with E-state index in [-0.39, 0.29) is 6.42 Å². The van der Waals surface area contributed by atoms with Crippen molar-refractivity contribution >= 4 is 11.8 Å². The summed E-state index contributed by atoms with van der Waals surface area (Å²) in [6, 6.07) is 2.46. The lowest BCUT2D eigenvalue weighted by molar-refractivity contribution is -0.136. The smallest absolute Gasteiger partial charge is 0.305 e. The molecule has 0 spiro atoms. The average Bonchev–Trinajstić information content (AvgIpc) is 3.14. The van der Waals surface area contributed by atoms with Gasteiger partial charge >= 0.3 is 5.97 Å². The Morgan fingerprint density at radius 3 is 2.89 bits per heavy atom. The predicted octanol–water partition coefficient (Wildman–Crippen LogP) is 1.87. The summed E-state index contributed by atoms with van der Waals surface area (Å²) >= 11 is 0. The molecule has 1 heterocycles. The highest BCUT2D eigenvalue weighted by Gasteiger charge is 2.30. The minimum atomic E-state index is -0.761. The van der Waals surface area contributed by atoms with Crippen molar-refractivity contribution in [2.45, 2.75) is 45.1 Å². The lowest BCUT2D eigenvalue weighted by Crippen LogP contribution is -2.29. The van der Waals surface area contributed by atoms with Gasteiger partial charge in [-0.3, -0.25) is 4.79 Å². The summed E-state index contributed by atoms with van der Waals surface area (Å²) in [6.07, 6.45) is 5.99. The number of nitrogens with zero attached hydrogens (tertiary/aromatic N) is 3. The summed E-state index contributed by atoms with van der Waals surface area (Å²) in [5.74, 6) is 0.112. The van der Waals surface area contributed by atoms with Gasteiger partial charge in [0.2, 0.25) is 0 Å². The summed E-state index contributed by atoms with van der Waals surface area (Å²) < 4.78 is 0. The molecule has 1 aliphatic rings. The molecule has 1 N–H and O–H groups in total. The van der Waals surface area contributed by atoms with Crippen LogP contribution in [-0.2, 0) is 11.2 Å². The molecule has 1 aromatic rings. The van der Waals surface area contributed by atoms with Crippen molar-refractivity contribution in [1.82, 2.24) is 9.97 Å². The molecule has 18 heavy (non-hydrogen) atoms. The van der Waals surface area contributed by atoms with Crippen LogP contribution in [0.4, 0.5) is 5.82 Å². The van der Waals surface area contributed by atoms with Gasteiger partial charge < -0.3 is 10.0 Å². The van der Waals surface area contributed by atoms with Crippen molar-refractivity contribution in [3.8, 4) is 0 Å². The number of aryl methyl sites for hydroxylation is 1. The zero-order chi connectivity index (χ0) is 13.0. The maximum atomic E-state index is 10.7. The van der Waals surface area contributed by atoms with Crippen molar-refractivity contribution in [3.05, 3.63) is 18.1 Å². The number of rotatable bonds is 7. The first kappa shape index (κ1) is 12.8. The molecule has 0 saturated heterocycles. The topological polar surface area (TPSA) is 66.3 Å². The summed E-state index contributed by atoms with van der Waals surface area (Å²) in [5, 5.41) is 8.79. The number of aliphatic carboxylic acids is 1. The molecule has 0 aromatic carbocycles. The standard InChI is InChI=1S/C13H19N3O2/c1-2-3-10-8-12(15-9-14-10)16(11-4-5-11)7-6-13(17)18/h8-9,11H,2-7H2,1H3,(H,17,18). The minimum Gasteiger partial charge on any atom is -0.481 e. The Morgan fingerprint density at radius 2 is 2.28 bits per heavy atom. The highest BCUT2D eigenvalue weighted by atomic mass is 16.4. The van der Waals surface area contributed by atoms with E-state index in [1.54, 1.807) is 6.33 Å². The van der Waals surface area contributed by atoms with Crippen LogP contribution in [0.2, 0.25) is 0 Å². The SMILES string of the molecule is CCCc1cc(N(CCC(=O)O)C2CC2)ncn1. The molecule has 0 radical (unpaired) electrons. The Hall–Kier alpha value is -1.65.